The minimum absolute atomic E-state index is 0.359. The highest BCUT2D eigenvalue weighted by molar-refractivity contribution is 5.86. The monoisotopic (exact) mass is 284 g/mol. The van der Waals surface area contributed by atoms with Crippen molar-refractivity contribution in [3.8, 4) is 0 Å². The van der Waals surface area contributed by atoms with Crippen molar-refractivity contribution < 1.29 is 0 Å². The molecule has 0 fully saturated rings. The van der Waals surface area contributed by atoms with E-state index in [-0.39, 0.29) is 0 Å². The van der Waals surface area contributed by atoms with Crippen molar-refractivity contribution in [2.45, 2.75) is 32.9 Å². The van der Waals surface area contributed by atoms with E-state index in [1.165, 1.54) is 16.3 Å². The van der Waals surface area contributed by atoms with E-state index in [0.29, 0.717) is 18.0 Å². The van der Waals surface area contributed by atoms with Crippen LogP contribution in [0.3, 0.4) is 0 Å². The van der Waals surface area contributed by atoms with Gasteiger partial charge < -0.3 is 10.2 Å². The Bertz CT molecular complexity index is 561. The summed E-state index contributed by atoms with van der Waals surface area (Å²) in [5.74, 6) is 0.646. The lowest BCUT2D eigenvalue weighted by Crippen LogP contribution is -2.42. The van der Waals surface area contributed by atoms with Crippen molar-refractivity contribution in [2.24, 2.45) is 5.92 Å². The summed E-state index contributed by atoms with van der Waals surface area (Å²) >= 11 is 0. The van der Waals surface area contributed by atoms with Gasteiger partial charge in [0.25, 0.3) is 0 Å². The zero-order valence-corrected chi connectivity index (χ0v) is 13.9. The second-order valence-corrected chi connectivity index (χ2v) is 6.47. The van der Waals surface area contributed by atoms with E-state index in [0.717, 1.165) is 6.54 Å². The van der Waals surface area contributed by atoms with Gasteiger partial charge in [-0.05, 0) is 43.3 Å². The van der Waals surface area contributed by atoms with Crippen molar-refractivity contribution in [1.82, 2.24) is 10.2 Å². The smallest absolute Gasteiger partial charge is 0.0298 e. The van der Waals surface area contributed by atoms with Crippen LogP contribution < -0.4 is 5.32 Å². The molecule has 21 heavy (non-hydrogen) atoms. The topological polar surface area (TPSA) is 15.3 Å². The molecule has 2 heteroatoms. The molecule has 2 nitrogen and oxygen atoms in total. The van der Waals surface area contributed by atoms with E-state index in [2.05, 4.69) is 87.5 Å². The van der Waals surface area contributed by atoms with Crippen molar-refractivity contribution in [3.63, 3.8) is 0 Å². The summed E-state index contributed by atoms with van der Waals surface area (Å²) < 4.78 is 0. The summed E-state index contributed by atoms with van der Waals surface area (Å²) in [6.45, 7) is 7.84. The molecule has 0 heterocycles. The highest BCUT2D eigenvalue weighted by atomic mass is 15.1. The molecule has 0 saturated heterocycles. The van der Waals surface area contributed by atoms with Gasteiger partial charge >= 0.3 is 0 Å². The minimum atomic E-state index is 0.359. The van der Waals surface area contributed by atoms with Gasteiger partial charge in [-0.2, -0.15) is 0 Å². The number of likely N-dealkylation sites (N-methyl/N-ethyl adjacent to an activating group) is 1. The SMILES string of the molecule is CC(NCC(C(C)C)N(C)C)c1cccc2ccccc12. The van der Waals surface area contributed by atoms with Crippen LogP contribution >= 0.6 is 0 Å². The van der Waals surface area contributed by atoms with Crippen molar-refractivity contribution in [1.29, 1.82) is 0 Å². The van der Waals surface area contributed by atoms with Crippen LogP contribution in [-0.2, 0) is 0 Å². The lowest BCUT2D eigenvalue weighted by molar-refractivity contribution is 0.220. The largest absolute Gasteiger partial charge is 0.309 e. The van der Waals surface area contributed by atoms with Crippen molar-refractivity contribution in [2.75, 3.05) is 20.6 Å². The van der Waals surface area contributed by atoms with E-state index in [1.54, 1.807) is 0 Å². The van der Waals surface area contributed by atoms with Crippen LogP contribution in [0.15, 0.2) is 42.5 Å². The van der Waals surface area contributed by atoms with E-state index >= 15 is 0 Å². The Morgan fingerprint density at radius 1 is 0.952 bits per heavy atom. The molecule has 2 aromatic rings. The third-order valence-corrected chi connectivity index (χ3v) is 4.36. The van der Waals surface area contributed by atoms with Gasteiger partial charge in [0.2, 0.25) is 0 Å². The number of hydrogen-bond donors (Lipinski definition) is 1. The molecule has 0 bridgehead atoms. The number of fused-ring (bicyclic) bond motifs is 1. The lowest BCUT2D eigenvalue weighted by Gasteiger charge is -2.30. The van der Waals surface area contributed by atoms with Gasteiger partial charge in [0.05, 0.1) is 0 Å². The van der Waals surface area contributed by atoms with Crippen LogP contribution in [-0.4, -0.2) is 31.6 Å². The zero-order valence-electron chi connectivity index (χ0n) is 13.9. The summed E-state index contributed by atoms with van der Waals surface area (Å²) in [4.78, 5) is 2.31. The third kappa shape index (κ3) is 3.84. The Labute approximate surface area is 129 Å². The first-order valence-electron chi connectivity index (χ1n) is 7.88. The maximum atomic E-state index is 3.71. The first-order valence-corrected chi connectivity index (χ1v) is 7.88. The van der Waals surface area contributed by atoms with E-state index < -0.39 is 0 Å². The number of nitrogens with zero attached hydrogens (tertiary/aromatic N) is 1. The third-order valence-electron chi connectivity index (χ3n) is 4.36. The Morgan fingerprint density at radius 3 is 2.29 bits per heavy atom. The normalized spacial score (nSPS) is 14.8. The number of hydrogen-bond acceptors (Lipinski definition) is 2. The van der Waals surface area contributed by atoms with Gasteiger partial charge in [0.15, 0.2) is 0 Å². The van der Waals surface area contributed by atoms with Gasteiger partial charge in [0.1, 0.15) is 0 Å². The van der Waals surface area contributed by atoms with Crippen molar-refractivity contribution in [3.05, 3.63) is 48.0 Å². The second kappa shape index (κ2) is 7.06. The average Bonchev–Trinajstić information content (AvgIpc) is 2.46. The molecule has 114 valence electrons. The van der Waals surface area contributed by atoms with Crippen molar-refractivity contribution >= 4 is 10.8 Å². The number of benzene rings is 2. The predicted molar refractivity (Wildman–Crippen MR) is 92.7 cm³/mol. The molecule has 0 aliphatic heterocycles. The van der Waals surface area contributed by atoms with Gasteiger partial charge in [0, 0.05) is 18.6 Å². The van der Waals surface area contributed by atoms with Gasteiger partial charge in [-0.15, -0.1) is 0 Å². The Kier molecular flexibility index (Phi) is 5.38. The second-order valence-electron chi connectivity index (χ2n) is 6.47. The molecule has 0 spiro atoms. The maximum absolute atomic E-state index is 3.71. The summed E-state index contributed by atoms with van der Waals surface area (Å²) in [7, 11) is 4.32. The first-order chi connectivity index (χ1) is 10.0. The van der Waals surface area contributed by atoms with Gasteiger partial charge in [-0.25, -0.2) is 0 Å². The Balaban J connectivity index is 2.14. The first kappa shape index (κ1) is 16.0. The molecule has 0 aromatic heterocycles. The quantitative estimate of drug-likeness (QED) is 0.860. The maximum Gasteiger partial charge on any atom is 0.0298 e. The van der Waals surface area contributed by atoms with E-state index in [9.17, 15) is 0 Å². The molecular formula is C19H28N2. The Morgan fingerprint density at radius 2 is 1.62 bits per heavy atom. The summed E-state index contributed by atoms with van der Waals surface area (Å²) in [5, 5.41) is 6.38. The fourth-order valence-electron chi connectivity index (χ4n) is 3.05. The average molecular weight is 284 g/mol. The Hall–Kier alpha value is -1.38. The van der Waals surface area contributed by atoms with Crippen LogP contribution in [0.25, 0.3) is 10.8 Å². The molecule has 0 aliphatic rings. The van der Waals surface area contributed by atoms with E-state index in [4.69, 9.17) is 0 Å². The summed E-state index contributed by atoms with van der Waals surface area (Å²) in [5.41, 5.74) is 1.38. The minimum Gasteiger partial charge on any atom is -0.309 e. The van der Waals surface area contributed by atoms with Gasteiger partial charge in [-0.3, -0.25) is 0 Å². The predicted octanol–water partition coefficient (Wildman–Crippen LogP) is 4.08. The van der Waals surface area contributed by atoms with E-state index in [1.807, 2.05) is 0 Å². The molecule has 2 atom stereocenters. The highest BCUT2D eigenvalue weighted by Crippen LogP contribution is 2.24. The van der Waals surface area contributed by atoms with Crippen LogP contribution in [0.4, 0.5) is 0 Å². The molecule has 0 saturated carbocycles. The van der Waals surface area contributed by atoms with Crippen LogP contribution in [0.1, 0.15) is 32.4 Å². The molecule has 0 aliphatic carbocycles. The zero-order chi connectivity index (χ0) is 15.4. The highest BCUT2D eigenvalue weighted by Gasteiger charge is 2.17. The molecule has 0 radical (unpaired) electrons. The van der Waals surface area contributed by atoms with Crippen LogP contribution in [0, 0.1) is 5.92 Å². The van der Waals surface area contributed by atoms with Gasteiger partial charge in [-0.1, -0.05) is 56.3 Å². The molecule has 1 N–H and O–H groups in total. The molecule has 2 unspecified atom stereocenters. The number of nitrogens with one attached hydrogen (secondary N) is 1. The summed E-state index contributed by atoms with van der Waals surface area (Å²) in [6, 6.07) is 16.1. The molecule has 2 aromatic carbocycles. The fraction of sp³-hybridized carbons (Fsp3) is 0.474. The molecular weight excluding hydrogens is 256 g/mol. The summed E-state index contributed by atoms with van der Waals surface area (Å²) in [6.07, 6.45) is 0. The standard InChI is InChI=1S/C19H28N2/c1-14(2)19(21(4)5)13-20-15(3)17-12-8-10-16-9-6-7-11-18(16)17/h6-12,14-15,19-20H,13H2,1-5H3. The van der Waals surface area contributed by atoms with Crippen LogP contribution in [0.5, 0.6) is 0 Å². The lowest BCUT2D eigenvalue weighted by atomic mass is 9.98. The molecule has 2 rings (SSSR count). The van der Waals surface area contributed by atoms with Crippen LogP contribution in [0.2, 0.25) is 0 Å². The molecule has 0 amide bonds. The number of rotatable bonds is 6. The fourth-order valence-corrected chi connectivity index (χ4v) is 3.05.